The number of halogens is 1. The molecule has 0 bridgehead atoms. The number of para-hydroxylation sites is 1. The summed E-state index contributed by atoms with van der Waals surface area (Å²) < 4.78 is 20.7. The van der Waals surface area contributed by atoms with Crippen LogP contribution < -0.4 is 5.32 Å². The molecule has 8 heteroatoms. The number of nitrogens with zero attached hydrogens (tertiary/aromatic N) is 4. The van der Waals surface area contributed by atoms with Gasteiger partial charge in [0.15, 0.2) is 0 Å². The van der Waals surface area contributed by atoms with E-state index in [1.54, 1.807) is 29.9 Å². The second-order valence-corrected chi connectivity index (χ2v) is 7.28. The third-order valence-corrected chi connectivity index (χ3v) is 5.02. The van der Waals surface area contributed by atoms with E-state index >= 15 is 0 Å². The second kappa shape index (κ2) is 7.22. The fraction of sp³-hybridized carbons (Fsp3) is 0.182. The summed E-state index contributed by atoms with van der Waals surface area (Å²) in [6.45, 7) is 1.74. The predicted octanol–water partition coefficient (Wildman–Crippen LogP) is 4.50. The quantitative estimate of drug-likeness (QED) is 0.530. The highest BCUT2D eigenvalue weighted by atomic mass is 19.1. The third kappa shape index (κ3) is 3.47. The van der Waals surface area contributed by atoms with E-state index < -0.39 is 11.7 Å². The summed E-state index contributed by atoms with van der Waals surface area (Å²) in [7, 11) is 0. The van der Waals surface area contributed by atoms with Crippen molar-refractivity contribution in [1.82, 2.24) is 19.9 Å². The van der Waals surface area contributed by atoms with Crippen molar-refractivity contribution < 1.29 is 13.7 Å². The summed E-state index contributed by atoms with van der Waals surface area (Å²) in [4.78, 5) is 17.0. The molecular weight excluding hydrogens is 385 g/mol. The lowest BCUT2D eigenvalue weighted by molar-refractivity contribution is 0.102. The molecule has 30 heavy (non-hydrogen) atoms. The molecule has 4 aromatic rings. The Labute approximate surface area is 171 Å². The average molecular weight is 403 g/mol. The van der Waals surface area contributed by atoms with E-state index in [9.17, 15) is 9.18 Å². The van der Waals surface area contributed by atoms with Crippen LogP contribution in [0.15, 0.2) is 59.3 Å². The Kier molecular flexibility index (Phi) is 4.39. The maximum atomic E-state index is 13.8. The van der Waals surface area contributed by atoms with E-state index in [0.717, 1.165) is 24.1 Å². The number of nitrogens with one attached hydrogen (secondary N) is 1. The van der Waals surface area contributed by atoms with Gasteiger partial charge in [0, 0.05) is 17.7 Å². The molecule has 0 radical (unpaired) electrons. The molecule has 2 heterocycles. The Morgan fingerprint density at radius 2 is 1.93 bits per heavy atom. The van der Waals surface area contributed by atoms with E-state index in [-0.39, 0.29) is 5.69 Å². The average Bonchev–Trinajstić information content (AvgIpc) is 3.35. The number of carbonyl (C=O) groups is 1. The predicted molar refractivity (Wildman–Crippen MR) is 108 cm³/mol. The first-order valence-electron chi connectivity index (χ1n) is 9.65. The van der Waals surface area contributed by atoms with Gasteiger partial charge in [-0.05, 0) is 56.2 Å². The fourth-order valence-electron chi connectivity index (χ4n) is 3.18. The first kappa shape index (κ1) is 18.2. The number of benzene rings is 2. The lowest BCUT2D eigenvalue weighted by Crippen LogP contribution is -2.13. The maximum Gasteiger partial charge on any atom is 0.259 e. The minimum absolute atomic E-state index is 0.129. The van der Waals surface area contributed by atoms with Gasteiger partial charge >= 0.3 is 0 Å². The van der Waals surface area contributed by atoms with Gasteiger partial charge in [-0.25, -0.2) is 9.07 Å². The molecule has 2 aromatic carbocycles. The number of aryl methyl sites for hydroxylation is 1. The molecule has 0 saturated heterocycles. The highest BCUT2D eigenvalue weighted by Gasteiger charge is 2.29. The van der Waals surface area contributed by atoms with Crippen LogP contribution in [0.2, 0.25) is 0 Å². The number of hydrogen-bond acceptors (Lipinski definition) is 5. The molecule has 7 nitrogen and oxygen atoms in total. The van der Waals surface area contributed by atoms with Gasteiger partial charge in [-0.15, -0.1) is 0 Å². The van der Waals surface area contributed by atoms with Crippen LogP contribution in [0.4, 0.5) is 10.1 Å². The molecule has 1 saturated carbocycles. The maximum absolute atomic E-state index is 13.8. The van der Waals surface area contributed by atoms with E-state index in [1.807, 2.05) is 24.3 Å². The van der Waals surface area contributed by atoms with E-state index in [4.69, 9.17) is 4.52 Å². The Balaban J connectivity index is 1.36. The molecular formula is C22H18FN5O2. The van der Waals surface area contributed by atoms with Crippen LogP contribution >= 0.6 is 0 Å². The minimum atomic E-state index is -0.488. The third-order valence-electron chi connectivity index (χ3n) is 5.02. The summed E-state index contributed by atoms with van der Waals surface area (Å²) in [5.41, 5.74) is 2.66. The van der Waals surface area contributed by atoms with Gasteiger partial charge in [-0.3, -0.25) is 4.79 Å². The Morgan fingerprint density at radius 3 is 2.67 bits per heavy atom. The number of hydrogen-bond donors (Lipinski definition) is 1. The van der Waals surface area contributed by atoms with Crippen molar-refractivity contribution in [3.05, 3.63) is 77.7 Å². The smallest absolute Gasteiger partial charge is 0.259 e. The van der Waals surface area contributed by atoms with Crippen LogP contribution in [-0.4, -0.2) is 25.8 Å². The summed E-state index contributed by atoms with van der Waals surface area (Å²) >= 11 is 0. The van der Waals surface area contributed by atoms with Crippen molar-refractivity contribution in [2.75, 3.05) is 5.32 Å². The van der Waals surface area contributed by atoms with Gasteiger partial charge in [-0.1, -0.05) is 17.3 Å². The van der Waals surface area contributed by atoms with Crippen molar-refractivity contribution >= 4 is 11.6 Å². The Hall–Kier alpha value is -3.81. The van der Waals surface area contributed by atoms with Crippen LogP contribution in [0.5, 0.6) is 0 Å². The first-order valence-corrected chi connectivity index (χ1v) is 9.65. The van der Waals surface area contributed by atoms with Gasteiger partial charge in [-0.2, -0.15) is 10.1 Å². The minimum Gasteiger partial charge on any atom is -0.339 e. The second-order valence-electron chi connectivity index (χ2n) is 7.28. The molecule has 150 valence electrons. The van der Waals surface area contributed by atoms with Crippen molar-refractivity contribution in [1.29, 1.82) is 0 Å². The van der Waals surface area contributed by atoms with Gasteiger partial charge in [0.25, 0.3) is 5.91 Å². The summed E-state index contributed by atoms with van der Waals surface area (Å²) in [5.74, 6) is 0.761. The zero-order valence-electron chi connectivity index (χ0n) is 16.2. The van der Waals surface area contributed by atoms with Gasteiger partial charge < -0.3 is 9.84 Å². The van der Waals surface area contributed by atoms with Crippen LogP contribution in [0.25, 0.3) is 17.1 Å². The molecule has 0 spiro atoms. The topological polar surface area (TPSA) is 85.8 Å². The largest absolute Gasteiger partial charge is 0.339 e. The Morgan fingerprint density at radius 1 is 1.17 bits per heavy atom. The molecule has 2 aromatic heterocycles. The zero-order valence-corrected chi connectivity index (χ0v) is 16.2. The fourth-order valence-corrected chi connectivity index (χ4v) is 3.18. The highest BCUT2D eigenvalue weighted by molar-refractivity contribution is 6.05. The van der Waals surface area contributed by atoms with Gasteiger partial charge in [0.1, 0.15) is 5.82 Å². The molecule has 0 unspecified atom stereocenters. The van der Waals surface area contributed by atoms with Crippen LogP contribution in [0, 0.1) is 12.7 Å². The summed E-state index contributed by atoms with van der Waals surface area (Å²) in [6.07, 6.45) is 3.83. The number of rotatable bonds is 5. The number of anilines is 1. The van der Waals surface area contributed by atoms with E-state index in [0.29, 0.717) is 28.9 Å². The van der Waals surface area contributed by atoms with Crippen LogP contribution in [-0.2, 0) is 0 Å². The van der Waals surface area contributed by atoms with Crippen molar-refractivity contribution in [2.24, 2.45) is 0 Å². The normalized spacial score (nSPS) is 13.4. The van der Waals surface area contributed by atoms with E-state index in [1.165, 1.54) is 12.1 Å². The standard InChI is InChI=1S/C22H18FN5O2/c1-13-17(21(29)24-19-5-3-2-4-18(19)23)12-28(26-13)16-10-8-14(9-11-16)20-25-22(30-27-20)15-6-7-15/h2-5,8-12,15H,6-7H2,1H3,(H,24,29). The number of carbonyl (C=O) groups excluding carboxylic acids is 1. The highest BCUT2D eigenvalue weighted by Crippen LogP contribution is 2.39. The van der Waals surface area contributed by atoms with Crippen molar-refractivity contribution in [3.63, 3.8) is 0 Å². The Bertz CT molecular complexity index is 1220. The first-order chi connectivity index (χ1) is 14.6. The van der Waals surface area contributed by atoms with Crippen molar-refractivity contribution in [3.8, 4) is 17.1 Å². The number of amides is 1. The molecule has 1 aliphatic carbocycles. The van der Waals surface area contributed by atoms with Crippen LogP contribution in [0.1, 0.15) is 40.7 Å². The molecule has 0 atom stereocenters. The van der Waals surface area contributed by atoms with Crippen molar-refractivity contribution in [2.45, 2.75) is 25.7 Å². The SMILES string of the molecule is Cc1nn(-c2ccc(-c3noc(C4CC4)n3)cc2)cc1C(=O)Nc1ccccc1F. The van der Waals surface area contributed by atoms with Gasteiger partial charge in [0.2, 0.25) is 11.7 Å². The molecule has 1 aliphatic rings. The van der Waals surface area contributed by atoms with E-state index in [2.05, 4.69) is 20.6 Å². The molecule has 1 amide bonds. The lowest BCUT2D eigenvalue weighted by Gasteiger charge is -2.05. The molecule has 1 N–H and O–H groups in total. The molecule has 1 fully saturated rings. The molecule has 0 aliphatic heterocycles. The summed E-state index contributed by atoms with van der Waals surface area (Å²) in [6, 6.07) is 13.5. The van der Waals surface area contributed by atoms with Gasteiger partial charge in [0.05, 0.1) is 22.6 Å². The summed E-state index contributed by atoms with van der Waals surface area (Å²) in [5, 5.41) is 11.0. The number of aromatic nitrogens is 4. The molecule has 5 rings (SSSR count). The van der Waals surface area contributed by atoms with Crippen LogP contribution in [0.3, 0.4) is 0 Å². The monoisotopic (exact) mass is 403 g/mol. The zero-order chi connectivity index (χ0) is 20.7. The lowest BCUT2D eigenvalue weighted by atomic mass is 10.2.